The Morgan fingerprint density at radius 1 is 1.48 bits per heavy atom. The molecule has 3 rings (SSSR count). The summed E-state index contributed by atoms with van der Waals surface area (Å²) in [5.74, 6) is 1.48. The molecule has 112 valence electrons. The quantitative estimate of drug-likeness (QED) is 0.893. The van der Waals surface area contributed by atoms with E-state index in [1.165, 1.54) is 11.3 Å². The van der Waals surface area contributed by atoms with Crippen molar-refractivity contribution in [2.45, 2.75) is 25.7 Å². The highest BCUT2D eigenvalue weighted by Crippen LogP contribution is 2.23. The number of anilines is 1. The zero-order chi connectivity index (χ0) is 14.8. The summed E-state index contributed by atoms with van der Waals surface area (Å²) in [6.07, 6.45) is 3.65. The van der Waals surface area contributed by atoms with Gasteiger partial charge in [0.1, 0.15) is 4.88 Å². The third kappa shape index (κ3) is 3.11. The highest BCUT2D eigenvalue weighted by atomic mass is 32.1. The molecule has 0 aromatic carbocycles. The van der Waals surface area contributed by atoms with E-state index in [0.29, 0.717) is 16.7 Å². The summed E-state index contributed by atoms with van der Waals surface area (Å²) in [4.78, 5) is 21.3. The van der Waals surface area contributed by atoms with Crippen LogP contribution in [0.15, 0.2) is 6.20 Å². The lowest BCUT2D eigenvalue weighted by Crippen LogP contribution is -2.27. The molecule has 0 aliphatic carbocycles. The molecule has 1 aliphatic heterocycles. The summed E-state index contributed by atoms with van der Waals surface area (Å²) in [5, 5.41) is 11.4. The molecule has 1 fully saturated rings. The number of thiazole rings is 1. The second kappa shape index (κ2) is 5.90. The molecule has 0 saturated carbocycles. The molecule has 2 aromatic rings. The van der Waals surface area contributed by atoms with Gasteiger partial charge in [-0.1, -0.05) is 0 Å². The number of rotatable bonds is 3. The van der Waals surface area contributed by atoms with E-state index < -0.39 is 0 Å². The van der Waals surface area contributed by atoms with Gasteiger partial charge in [0.05, 0.1) is 11.2 Å². The van der Waals surface area contributed by atoms with Gasteiger partial charge < -0.3 is 5.32 Å². The Balaban J connectivity index is 1.73. The Labute approximate surface area is 126 Å². The van der Waals surface area contributed by atoms with E-state index in [9.17, 15) is 4.79 Å². The van der Waals surface area contributed by atoms with Crippen molar-refractivity contribution in [3.05, 3.63) is 21.9 Å². The minimum atomic E-state index is -0.187. The number of nitrogens with zero attached hydrogens (tertiary/aromatic N) is 4. The summed E-state index contributed by atoms with van der Waals surface area (Å²) >= 11 is 1.37. The van der Waals surface area contributed by atoms with Gasteiger partial charge in [0.25, 0.3) is 5.91 Å². The second-order valence-corrected chi connectivity index (χ2v) is 6.37. The molecule has 2 N–H and O–H groups in total. The van der Waals surface area contributed by atoms with Crippen LogP contribution in [-0.2, 0) is 7.05 Å². The number of piperidine rings is 1. The predicted octanol–water partition coefficient (Wildman–Crippen LogP) is 1.30. The van der Waals surface area contributed by atoms with Crippen LogP contribution in [0.25, 0.3) is 0 Å². The molecule has 0 atom stereocenters. The van der Waals surface area contributed by atoms with Gasteiger partial charge in [-0.3, -0.25) is 10.1 Å². The Kier molecular flexibility index (Phi) is 3.98. The second-order valence-electron chi connectivity index (χ2n) is 5.14. The maximum Gasteiger partial charge on any atom is 0.269 e. The summed E-state index contributed by atoms with van der Waals surface area (Å²) in [7, 11) is 1.80. The van der Waals surface area contributed by atoms with Crippen LogP contribution in [0.3, 0.4) is 0 Å². The lowest BCUT2D eigenvalue weighted by atomic mass is 9.98. The first-order valence-corrected chi connectivity index (χ1v) is 7.80. The highest BCUT2D eigenvalue weighted by molar-refractivity contribution is 7.13. The van der Waals surface area contributed by atoms with Crippen molar-refractivity contribution in [2.24, 2.45) is 7.05 Å². The molecule has 0 spiro atoms. The van der Waals surface area contributed by atoms with Gasteiger partial charge in [0.15, 0.2) is 5.82 Å². The van der Waals surface area contributed by atoms with Crippen molar-refractivity contribution >= 4 is 23.2 Å². The number of amides is 1. The van der Waals surface area contributed by atoms with Crippen LogP contribution < -0.4 is 10.6 Å². The Morgan fingerprint density at radius 3 is 2.90 bits per heavy atom. The maximum absolute atomic E-state index is 12.1. The van der Waals surface area contributed by atoms with Gasteiger partial charge in [-0.15, -0.1) is 11.3 Å². The highest BCUT2D eigenvalue weighted by Gasteiger charge is 2.21. The van der Waals surface area contributed by atoms with Gasteiger partial charge in [-0.25, -0.2) is 9.67 Å². The van der Waals surface area contributed by atoms with E-state index in [1.807, 2.05) is 6.92 Å². The van der Waals surface area contributed by atoms with Gasteiger partial charge in [-0.2, -0.15) is 10.1 Å². The van der Waals surface area contributed by atoms with Crippen LogP contribution >= 0.6 is 11.3 Å². The summed E-state index contributed by atoms with van der Waals surface area (Å²) in [6.45, 7) is 3.86. The molecule has 1 aliphatic rings. The third-order valence-corrected chi connectivity index (χ3v) is 4.47. The molecule has 7 nitrogen and oxygen atoms in total. The van der Waals surface area contributed by atoms with Crippen LogP contribution in [0, 0.1) is 6.92 Å². The fourth-order valence-electron chi connectivity index (χ4n) is 2.40. The zero-order valence-electron chi connectivity index (χ0n) is 12.1. The van der Waals surface area contributed by atoms with Gasteiger partial charge in [0, 0.05) is 13.0 Å². The van der Waals surface area contributed by atoms with Crippen molar-refractivity contribution in [3.8, 4) is 0 Å². The van der Waals surface area contributed by atoms with Crippen LogP contribution in [-0.4, -0.2) is 38.7 Å². The fourth-order valence-corrected chi connectivity index (χ4v) is 3.07. The van der Waals surface area contributed by atoms with Crippen LogP contribution in [0.4, 0.5) is 5.95 Å². The van der Waals surface area contributed by atoms with Crippen LogP contribution in [0.2, 0.25) is 0 Å². The lowest BCUT2D eigenvalue weighted by Gasteiger charge is -2.19. The molecule has 1 amide bonds. The molecule has 2 aromatic heterocycles. The normalized spacial score (nSPS) is 16.1. The molecule has 0 bridgehead atoms. The number of hydrogen-bond acceptors (Lipinski definition) is 6. The van der Waals surface area contributed by atoms with Gasteiger partial charge >= 0.3 is 0 Å². The smallest absolute Gasteiger partial charge is 0.269 e. The van der Waals surface area contributed by atoms with E-state index in [0.717, 1.165) is 36.8 Å². The number of carbonyl (C=O) groups excluding carboxylic acids is 1. The molecular weight excluding hydrogens is 288 g/mol. The number of hydrogen-bond donors (Lipinski definition) is 2. The standard InChI is InChI=1S/C13H18N6OS/c1-8-15-7-10(21-8)12(20)17-13-16-11(18-19(13)2)9-3-5-14-6-4-9/h7,9,14H,3-6H2,1-2H3,(H,16,17,18,20). The van der Waals surface area contributed by atoms with Crippen molar-refractivity contribution in [3.63, 3.8) is 0 Å². The third-order valence-electron chi connectivity index (χ3n) is 3.55. The number of carbonyl (C=O) groups is 1. The molecule has 3 heterocycles. The number of aryl methyl sites for hydroxylation is 2. The Bertz CT molecular complexity index is 643. The van der Waals surface area contributed by atoms with E-state index in [2.05, 4.69) is 25.7 Å². The SMILES string of the molecule is Cc1ncc(C(=O)Nc2nc(C3CCNCC3)nn2C)s1. The number of aromatic nitrogens is 4. The summed E-state index contributed by atoms with van der Waals surface area (Å²) < 4.78 is 1.63. The van der Waals surface area contributed by atoms with Gasteiger partial charge in [-0.05, 0) is 32.9 Å². The largest absolute Gasteiger partial charge is 0.317 e. The minimum Gasteiger partial charge on any atom is -0.317 e. The molecule has 0 radical (unpaired) electrons. The predicted molar refractivity (Wildman–Crippen MR) is 80.7 cm³/mol. The van der Waals surface area contributed by atoms with E-state index in [-0.39, 0.29) is 5.91 Å². The lowest BCUT2D eigenvalue weighted by molar-refractivity contribution is 0.102. The van der Waals surface area contributed by atoms with Gasteiger partial charge in [0.2, 0.25) is 5.95 Å². The topological polar surface area (TPSA) is 84.7 Å². The molecule has 0 unspecified atom stereocenters. The van der Waals surface area contributed by atoms with Crippen LogP contribution in [0.5, 0.6) is 0 Å². The average molecular weight is 306 g/mol. The first kappa shape index (κ1) is 14.2. The monoisotopic (exact) mass is 306 g/mol. The van der Waals surface area contributed by atoms with Crippen molar-refractivity contribution < 1.29 is 4.79 Å². The Morgan fingerprint density at radius 2 is 2.24 bits per heavy atom. The average Bonchev–Trinajstić information content (AvgIpc) is 3.07. The minimum absolute atomic E-state index is 0.187. The molecule has 1 saturated heterocycles. The zero-order valence-corrected chi connectivity index (χ0v) is 12.9. The molecule has 8 heteroatoms. The van der Waals surface area contributed by atoms with Crippen molar-refractivity contribution in [1.29, 1.82) is 0 Å². The van der Waals surface area contributed by atoms with E-state index in [4.69, 9.17) is 0 Å². The summed E-state index contributed by atoms with van der Waals surface area (Å²) in [5.41, 5.74) is 0. The fraction of sp³-hybridized carbons (Fsp3) is 0.538. The van der Waals surface area contributed by atoms with Crippen LogP contribution in [0.1, 0.15) is 39.3 Å². The molecule has 21 heavy (non-hydrogen) atoms. The first-order valence-electron chi connectivity index (χ1n) is 6.99. The summed E-state index contributed by atoms with van der Waals surface area (Å²) in [6, 6.07) is 0. The van der Waals surface area contributed by atoms with Crippen molar-refractivity contribution in [2.75, 3.05) is 18.4 Å². The maximum atomic E-state index is 12.1. The molecular formula is C13H18N6OS. The first-order chi connectivity index (χ1) is 10.1. The van der Waals surface area contributed by atoms with E-state index in [1.54, 1.807) is 17.9 Å². The number of nitrogens with one attached hydrogen (secondary N) is 2. The van der Waals surface area contributed by atoms with Crippen molar-refractivity contribution in [1.82, 2.24) is 25.1 Å². The van der Waals surface area contributed by atoms with E-state index >= 15 is 0 Å². The Hall–Kier alpha value is -1.80.